The van der Waals surface area contributed by atoms with Gasteiger partial charge in [-0.3, -0.25) is 14.6 Å². The summed E-state index contributed by atoms with van der Waals surface area (Å²) in [7, 11) is 1.66. The molecular weight excluding hydrogens is 434 g/mol. The van der Waals surface area contributed by atoms with Gasteiger partial charge in [0.25, 0.3) is 5.91 Å². The Balaban J connectivity index is 1.31. The number of fused-ring (bicyclic) bond motifs is 1. The topological polar surface area (TPSA) is 101 Å². The minimum Gasteiger partial charge on any atom is -0.489 e. The number of benzene rings is 2. The van der Waals surface area contributed by atoms with Crippen molar-refractivity contribution in [2.75, 3.05) is 13.6 Å². The minimum atomic E-state index is -1.48. The molecule has 2 atom stereocenters. The molecule has 8 heteroatoms. The summed E-state index contributed by atoms with van der Waals surface area (Å²) in [6, 6.07) is 17.4. The summed E-state index contributed by atoms with van der Waals surface area (Å²) in [4.78, 5) is 36.3. The predicted molar refractivity (Wildman–Crippen MR) is 126 cm³/mol. The first-order chi connectivity index (χ1) is 16.4. The number of ether oxygens (including phenoxy) is 1. The molecule has 0 bridgehead atoms. The second-order valence-electron chi connectivity index (χ2n) is 8.85. The molecule has 0 aliphatic carbocycles. The molecule has 1 saturated heterocycles. The number of amides is 1. The number of hydrogen-bond acceptors (Lipinski definition) is 6. The number of oxime groups is 1. The molecule has 1 spiro atoms. The van der Waals surface area contributed by atoms with E-state index in [1.54, 1.807) is 7.05 Å². The fourth-order valence-electron chi connectivity index (χ4n) is 4.78. The SMILES string of the molecule is Cc1cc(COc2ccc(C3=NOC4(C3)C(=O)N(C)CCC4C(=O)O)cc2)c2ccccc2n1. The van der Waals surface area contributed by atoms with Crippen LogP contribution in [-0.2, 0) is 21.0 Å². The summed E-state index contributed by atoms with van der Waals surface area (Å²) in [6.45, 7) is 2.75. The molecule has 8 nitrogen and oxygen atoms in total. The van der Waals surface area contributed by atoms with Crippen LogP contribution in [-0.4, -0.2) is 51.8 Å². The second kappa shape index (κ2) is 8.44. The van der Waals surface area contributed by atoms with E-state index in [0.717, 1.165) is 27.7 Å². The van der Waals surface area contributed by atoms with E-state index in [0.29, 0.717) is 31.0 Å². The zero-order chi connectivity index (χ0) is 23.9. The van der Waals surface area contributed by atoms with Gasteiger partial charge in [0.05, 0.1) is 11.2 Å². The van der Waals surface area contributed by atoms with Gasteiger partial charge in [0.1, 0.15) is 18.3 Å². The number of aryl methyl sites for hydroxylation is 1. The van der Waals surface area contributed by atoms with Crippen LogP contribution in [0.1, 0.15) is 29.7 Å². The molecule has 0 saturated carbocycles. The van der Waals surface area contributed by atoms with Crippen LogP contribution in [0.3, 0.4) is 0 Å². The average Bonchev–Trinajstić information content (AvgIpc) is 3.27. The monoisotopic (exact) mass is 459 g/mol. The van der Waals surface area contributed by atoms with Gasteiger partial charge in [-0.25, -0.2) is 0 Å². The molecule has 1 amide bonds. The second-order valence-corrected chi connectivity index (χ2v) is 8.85. The van der Waals surface area contributed by atoms with Crippen LogP contribution >= 0.6 is 0 Å². The number of hydrogen-bond donors (Lipinski definition) is 1. The van der Waals surface area contributed by atoms with Crippen LogP contribution in [0.25, 0.3) is 10.9 Å². The maximum Gasteiger partial charge on any atom is 0.311 e. The molecule has 1 N–H and O–H groups in total. The van der Waals surface area contributed by atoms with Gasteiger partial charge < -0.3 is 19.6 Å². The Bertz CT molecular complexity index is 1300. The Morgan fingerprint density at radius 1 is 1.24 bits per heavy atom. The molecule has 1 aromatic heterocycles. The smallest absolute Gasteiger partial charge is 0.311 e. The van der Waals surface area contributed by atoms with Crippen LogP contribution in [0, 0.1) is 12.8 Å². The quantitative estimate of drug-likeness (QED) is 0.626. The van der Waals surface area contributed by atoms with Crippen molar-refractivity contribution in [3.05, 3.63) is 71.4 Å². The number of nitrogens with zero attached hydrogens (tertiary/aromatic N) is 3. The highest BCUT2D eigenvalue weighted by Gasteiger charge is 2.59. The number of piperidine rings is 1. The standard InChI is InChI=1S/C26H25N3O5/c1-16-13-18(20-5-3-4-6-22(20)27-16)15-33-19-9-7-17(8-10-19)23-14-26(34-28-23)21(24(30)31)11-12-29(2)25(26)32/h3-10,13,21H,11-12,14-15H2,1-2H3,(H,30,31). The van der Waals surface area contributed by atoms with Gasteiger partial charge in [-0.15, -0.1) is 0 Å². The van der Waals surface area contributed by atoms with E-state index >= 15 is 0 Å². The fraction of sp³-hybridized carbons (Fsp3) is 0.308. The zero-order valence-corrected chi connectivity index (χ0v) is 19.0. The zero-order valence-electron chi connectivity index (χ0n) is 19.0. The Kier molecular flexibility index (Phi) is 5.43. The van der Waals surface area contributed by atoms with Gasteiger partial charge in [0.15, 0.2) is 0 Å². The third kappa shape index (κ3) is 3.75. The van der Waals surface area contributed by atoms with Crippen LogP contribution < -0.4 is 4.74 Å². The first kappa shape index (κ1) is 21.9. The van der Waals surface area contributed by atoms with Gasteiger partial charge in [-0.05, 0) is 55.3 Å². The first-order valence-corrected chi connectivity index (χ1v) is 11.2. The highest BCUT2D eigenvalue weighted by molar-refractivity contribution is 6.07. The highest BCUT2D eigenvalue weighted by Crippen LogP contribution is 2.40. The lowest BCUT2D eigenvalue weighted by atomic mass is 9.77. The number of carbonyl (C=O) groups excluding carboxylic acids is 1. The number of carbonyl (C=O) groups is 2. The number of aliphatic carboxylic acids is 1. The van der Waals surface area contributed by atoms with Crippen molar-refractivity contribution >= 4 is 28.5 Å². The van der Waals surface area contributed by atoms with E-state index in [2.05, 4.69) is 10.1 Å². The van der Waals surface area contributed by atoms with Gasteiger partial charge in [-0.1, -0.05) is 23.4 Å². The van der Waals surface area contributed by atoms with Crippen molar-refractivity contribution in [2.45, 2.75) is 32.0 Å². The normalized spacial score (nSPS) is 22.1. The van der Waals surface area contributed by atoms with Crippen molar-refractivity contribution in [3.8, 4) is 5.75 Å². The van der Waals surface area contributed by atoms with Crippen LogP contribution in [0.4, 0.5) is 0 Å². The Hall–Kier alpha value is -3.94. The van der Waals surface area contributed by atoms with Crippen LogP contribution in [0.2, 0.25) is 0 Å². The molecule has 2 aliphatic rings. The molecule has 2 aromatic carbocycles. The summed E-state index contributed by atoms with van der Waals surface area (Å²) < 4.78 is 6.02. The van der Waals surface area contributed by atoms with Crippen LogP contribution in [0.15, 0.2) is 59.8 Å². The number of carboxylic acids is 1. The molecule has 174 valence electrons. The van der Waals surface area contributed by atoms with Crippen molar-refractivity contribution in [2.24, 2.45) is 11.1 Å². The number of pyridine rings is 1. The number of aromatic nitrogens is 1. The lowest BCUT2D eigenvalue weighted by Gasteiger charge is -2.39. The van der Waals surface area contributed by atoms with E-state index in [4.69, 9.17) is 9.57 Å². The van der Waals surface area contributed by atoms with Crippen molar-refractivity contribution in [1.29, 1.82) is 0 Å². The number of para-hydroxylation sites is 1. The molecule has 1 fully saturated rings. The molecule has 2 unspecified atom stereocenters. The number of likely N-dealkylation sites (N-methyl/N-ethyl adjacent to an activating group) is 1. The molecular formula is C26H25N3O5. The molecule has 3 heterocycles. The summed E-state index contributed by atoms with van der Waals surface area (Å²) in [5, 5.41) is 14.9. The highest BCUT2D eigenvalue weighted by atomic mass is 16.7. The van der Waals surface area contributed by atoms with E-state index in [1.165, 1.54) is 4.90 Å². The fourth-order valence-corrected chi connectivity index (χ4v) is 4.78. The van der Waals surface area contributed by atoms with Crippen molar-refractivity contribution < 1.29 is 24.3 Å². The Morgan fingerprint density at radius 3 is 2.76 bits per heavy atom. The van der Waals surface area contributed by atoms with Gasteiger partial charge in [0, 0.05) is 36.7 Å². The summed E-state index contributed by atoms with van der Waals surface area (Å²) in [6.07, 6.45) is 0.450. The van der Waals surface area contributed by atoms with Gasteiger partial charge in [-0.2, -0.15) is 0 Å². The van der Waals surface area contributed by atoms with Crippen molar-refractivity contribution in [3.63, 3.8) is 0 Å². The van der Waals surface area contributed by atoms with E-state index < -0.39 is 17.5 Å². The molecule has 0 radical (unpaired) electrons. The van der Waals surface area contributed by atoms with E-state index in [1.807, 2.05) is 61.5 Å². The lowest BCUT2D eigenvalue weighted by molar-refractivity contribution is -0.180. The summed E-state index contributed by atoms with van der Waals surface area (Å²) in [5.41, 5.74) is 2.76. The van der Waals surface area contributed by atoms with Crippen LogP contribution in [0.5, 0.6) is 5.75 Å². The van der Waals surface area contributed by atoms with Crippen molar-refractivity contribution in [1.82, 2.24) is 9.88 Å². The van der Waals surface area contributed by atoms with Gasteiger partial charge >= 0.3 is 5.97 Å². The average molecular weight is 460 g/mol. The van der Waals surface area contributed by atoms with E-state index in [9.17, 15) is 14.7 Å². The first-order valence-electron chi connectivity index (χ1n) is 11.2. The predicted octanol–water partition coefficient (Wildman–Crippen LogP) is 3.55. The van der Waals surface area contributed by atoms with Gasteiger partial charge in [0.2, 0.25) is 5.60 Å². The third-order valence-electron chi connectivity index (χ3n) is 6.58. The molecule has 3 aromatic rings. The summed E-state index contributed by atoms with van der Waals surface area (Å²) >= 11 is 0. The minimum absolute atomic E-state index is 0.121. The molecule has 2 aliphatic heterocycles. The Labute approximate surface area is 196 Å². The number of likely N-dealkylation sites (tertiary alicyclic amines) is 1. The largest absolute Gasteiger partial charge is 0.489 e. The maximum atomic E-state index is 12.9. The molecule has 34 heavy (non-hydrogen) atoms. The molecule has 5 rings (SSSR count). The maximum absolute atomic E-state index is 12.9. The number of rotatable bonds is 5. The Morgan fingerprint density at radius 2 is 2.00 bits per heavy atom. The number of carboxylic acid groups (broad SMARTS) is 1. The summed E-state index contributed by atoms with van der Waals surface area (Å²) in [5.74, 6) is -1.63. The van der Waals surface area contributed by atoms with E-state index in [-0.39, 0.29) is 12.3 Å². The third-order valence-corrected chi connectivity index (χ3v) is 6.58. The lowest BCUT2D eigenvalue weighted by Crippen LogP contribution is -2.59.